The Labute approximate surface area is 173 Å². The van der Waals surface area contributed by atoms with Gasteiger partial charge in [0.25, 0.3) is 0 Å². The molecule has 1 unspecified atom stereocenters. The first-order valence-electron chi connectivity index (χ1n) is 9.40. The normalized spacial score (nSPS) is 19.3. The predicted molar refractivity (Wildman–Crippen MR) is 111 cm³/mol. The van der Waals surface area contributed by atoms with Gasteiger partial charge >= 0.3 is 0 Å². The molecule has 4 rings (SSSR count). The molecule has 2 aromatic carbocycles. The average Bonchev–Trinajstić information content (AvgIpc) is 2.71. The van der Waals surface area contributed by atoms with E-state index in [1.807, 2.05) is 19.1 Å². The Morgan fingerprint density at radius 3 is 2.62 bits per heavy atom. The van der Waals surface area contributed by atoms with Crippen molar-refractivity contribution in [3.8, 4) is 6.07 Å². The van der Waals surface area contributed by atoms with Crippen LogP contribution in [0.3, 0.4) is 0 Å². The number of nitrogens with two attached hydrogens (primary N) is 1. The van der Waals surface area contributed by atoms with Crippen molar-refractivity contribution in [2.75, 3.05) is 4.90 Å². The van der Waals surface area contributed by atoms with Gasteiger partial charge in [0.2, 0.25) is 0 Å². The monoisotopic (exact) mass is 407 g/mol. The van der Waals surface area contributed by atoms with Crippen LogP contribution >= 0.6 is 11.6 Å². The van der Waals surface area contributed by atoms with E-state index >= 15 is 0 Å². The fraction of sp³-hybridized carbons (Fsp3) is 0.217. The maximum absolute atomic E-state index is 13.5. The summed E-state index contributed by atoms with van der Waals surface area (Å²) in [6.45, 7) is 1.88. The van der Waals surface area contributed by atoms with E-state index in [0.29, 0.717) is 35.4 Å². The molecule has 6 heteroatoms. The SMILES string of the molecule is Cc1c(Cl)cccc1N1C(N)=C(C#N)C(c2ccc(F)cc2)C2=C1CCCC2=O. The number of hydrogen-bond acceptors (Lipinski definition) is 4. The number of rotatable bonds is 2. The molecule has 1 aliphatic heterocycles. The fourth-order valence-electron chi connectivity index (χ4n) is 4.19. The molecular weight excluding hydrogens is 389 g/mol. The summed E-state index contributed by atoms with van der Waals surface area (Å²) < 4.78 is 13.5. The third kappa shape index (κ3) is 3.10. The molecular formula is C23H19ClFN3O. The highest BCUT2D eigenvalue weighted by atomic mass is 35.5. The molecule has 0 aromatic heterocycles. The van der Waals surface area contributed by atoms with Gasteiger partial charge in [-0.1, -0.05) is 29.8 Å². The van der Waals surface area contributed by atoms with Crippen LogP contribution in [0, 0.1) is 24.1 Å². The number of carbonyl (C=O) groups is 1. The minimum Gasteiger partial charge on any atom is -0.384 e. The molecule has 0 spiro atoms. The number of ketones is 1. The summed E-state index contributed by atoms with van der Waals surface area (Å²) in [4.78, 5) is 14.8. The third-order valence-corrected chi connectivity index (χ3v) is 6.01. The van der Waals surface area contributed by atoms with E-state index in [4.69, 9.17) is 17.3 Å². The summed E-state index contributed by atoms with van der Waals surface area (Å²) in [6.07, 6.45) is 1.78. The molecule has 0 amide bonds. The highest BCUT2D eigenvalue weighted by Gasteiger charge is 2.40. The van der Waals surface area contributed by atoms with E-state index in [9.17, 15) is 14.4 Å². The van der Waals surface area contributed by atoms with Crippen LogP contribution in [0.2, 0.25) is 5.02 Å². The molecule has 4 nitrogen and oxygen atoms in total. The van der Waals surface area contributed by atoms with Crippen molar-refractivity contribution >= 4 is 23.1 Å². The molecule has 1 atom stereocenters. The fourth-order valence-corrected chi connectivity index (χ4v) is 4.36. The largest absolute Gasteiger partial charge is 0.384 e. The molecule has 0 bridgehead atoms. The zero-order valence-corrected chi connectivity index (χ0v) is 16.6. The van der Waals surface area contributed by atoms with Gasteiger partial charge in [0, 0.05) is 22.7 Å². The molecule has 1 aliphatic carbocycles. The highest BCUT2D eigenvalue weighted by molar-refractivity contribution is 6.31. The molecule has 2 aromatic rings. The summed E-state index contributed by atoms with van der Waals surface area (Å²) >= 11 is 6.33. The van der Waals surface area contributed by atoms with Gasteiger partial charge in [-0.25, -0.2) is 4.39 Å². The number of Topliss-reactive ketones (excluding diaryl/α,β-unsaturated/α-hetero) is 1. The number of allylic oxidation sites excluding steroid dienone is 3. The Morgan fingerprint density at radius 2 is 1.93 bits per heavy atom. The molecule has 0 fully saturated rings. The van der Waals surface area contributed by atoms with Crippen molar-refractivity contribution in [1.82, 2.24) is 0 Å². The van der Waals surface area contributed by atoms with Crippen molar-refractivity contribution in [2.45, 2.75) is 32.1 Å². The second-order valence-electron chi connectivity index (χ2n) is 7.25. The smallest absolute Gasteiger partial charge is 0.161 e. The van der Waals surface area contributed by atoms with Gasteiger partial charge in [-0.2, -0.15) is 5.26 Å². The van der Waals surface area contributed by atoms with Gasteiger partial charge in [-0.05, 0) is 55.2 Å². The minimum atomic E-state index is -0.598. The topological polar surface area (TPSA) is 70.1 Å². The van der Waals surface area contributed by atoms with Crippen molar-refractivity contribution in [2.24, 2.45) is 5.73 Å². The van der Waals surface area contributed by atoms with E-state index in [-0.39, 0.29) is 23.0 Å². The standard InChI is InChI=1S/C23H19ClFN3O/c1-13-17(24)4-2-5-18(13)28-19-6-3-7-20(29)22(19)21(16(12-26)23(28)27)14-8-10-15(25)11-9-14/h2,4-5,8-11,21H,3,6-7,27H2,1H3. The van der Waals surface area contributed by atoms with Crippen molar-refractivity contribution in [3.05, 3.63) is 87.1 Å². The third-order valence-electron chi connectivity index (χ3n) is 5.60. The summed E-state index contributed by atoms with van der Waals surface area (Å²) in [5.74, 6) is -0.703. The zero-order chi connectivity index (χ0) is 20.7. The van der Waals surface area contributed by atoms with Gasteiger partial charge in [0.15, 0.2) is 5.78 Å². The van der Waals surface area contributed by atoms with Crippen LogP contribution < -0.4 is 10.6 Å². The van der Waals surface area contributed by atoms with Crippen LogP contribution in [0.4, 0.5) is 10.1 Å². The lowest BCUT2D eigenvalue weighted by Gasteiger charge is -2.40. The van der Waals surface area contributed by atoms with Crippen LogP contribution in [0.15, 0.2) is 65.1 Å². The van der Waals surface area contributed by atoms with Gasteiger partial charge in [-0.3, -0.25) is 9.69 Å². The first-order valence-corrected chi connectivity index (χ1v) is 9.78. The number of benzene rings is 2. The van der Waals surface area contributed by atoms with Crippen LogP contribution in [-0.2, 0) is 4.79 Å². The summed E-state index contributed by atoms with van der Waals surface area (Å²) in [7, 11) is 0. The van der Waals surface area contributed by atoms with Crippen molar-refractivity contribution < 1.29 is 9.18 Å². The molecule has 0 saturated heterocycles. The Bertz CT molecular complexity index is 1110. The molecule has 2 N–H and O–H groups in total. The molecule has 29 heavy (non-hydrogen) atoms. The molecule has 0 radical (unpaired) electrons. The molecule has 146 valence electrons. The number of nitriles is 1. The Kier molecular flexibility index (Phi) is 4.89. The zero-order valence-electron chi connectivity index (χ0n) is 15.9. The summed E-state index contributed by atoms with van der Waals surface area (Å²) in [5.41, 5.74) is 10.4. The first-order chi connectivity index (χ1) is 13.9. The average molecular weight is 408 g/mol. The maximum Gasteiger partial charge on any atom is 0.161 e. The first kappa shape index (κ1) is 19.2. The Morgan fingerprint density at radius 1 is 1.21 bits per heavy atom. The van der Waals surface area contributed by atoms with Crippen LogP contribution in [-0.4, -0.2) is 5.78 Å². The number of hydrogen-bond donors (Lipinski definition) is 1. The van der Waals surface area contributed by atoms with Gasteiger partial charge < -0.3 is 5.73 Å². The van der Waals surface area contributed by atoms with E-state index in [1.165, 1.54) is 12.1 Å². The molecule has 0 saturated carbocycles. The number of nitrogens with zero attached hydrogens (tertiary/aromatic N) is 2. The lowest BCUT2D eigenvalue weighted by molar-refractivity contribution is -0.116. The number of anilines is 1. The molecule has 2 aliphatic rings. The van der Waals surface area contributed by atoms with Crippen molar-refractivity contribution in [3.63, 3.8) is 0 Å². The summed E-state index contributed by atoms with van der Waals surface area (Å²) in [5, 5.41) is 10.5. The quantitative estimate of drug-likeness (QED) is 0.752. The lowest BCUT2D eigenvalue weighted by atomic mass is 9.75. The predicted octanol–water partition coefficient (Wildman–Crippen LogP) is 5.09. The van der Waals surface area contributed by atoms with Crippen molar-refractivity contribution in [1.29, 1.82) is 5.26 Å². The van der Waals surface area contributed by atoms with Crippen LogP contribution in [0.1, 0.15) is 36.3 Å². The summed E-state index contributed by atoms with van der Waals surface area (Å²) in [6, 6.07) is 13.6. The Balaban J connectivity index is 1.99. The second-order valence-corrected chi connectivity index (χ2v) is 7.66. The van der Waals surface area contributed by atoms with Gasteiger partial charge in [-0.15, -0.1) is 0 Å². The van der Waals surface area contributed by atoms with Crippen LogP contribution in [0.25, 0.3) is 0 Å². The van der Waals surface area contributed by atoms with Gasteiger partial charge in [0.05, 0.1) is 23.2 Å². The lowest BCUT2D eigenvalue weighted by Crippen LogP contribution is -2.39. The number of carbonyl (C=O) groups excluding carboxylic acids is 1. The van der Waals surface area contributed by atoms with E-state index in [1.54, 1.807) is 23.1 Å². The highest BCUT2D eigenvalue weighted by Crippen LogP contribution is 2.47. The minimum absolute atomic E-state index is 0.00879. The number of halogens is 2. The van der Waals surface area contributed by atoms with Crippen LogP contribution in [0.5, 0.6) is 0 Å². The second kappa shape index (κ2) is 7.38. The molecule has 1 heterocycles. The van der Waals surface area contributed by atoms with E-state index in [0.717, 1.165) is 16.9 Å². The van der Waals surface area contributed by atoms with Gasteiger partial charge in [0.1, 0.15) is 11.6 Å². The maximum atomic E-state index is 13.5. The van der Waals surface area contributed by atoms with E-state index < -0.39 is 5.92 Å². The van der Waals surface area contributed by atoms with E-state index in [2.05, 4.69) is 6.07 Å². The Hall–Kier alpha value is -3.10.